The first-order valence-corrected chi connectivity index (χ1v) is 6.61. The number of likely N-dealkylation sites (tertiary alicyclic amines) is 1. The highest BCUT2D eigenvalue weighted by Crippen LogP contribution is 2.17. The van der Waals surface area contributed by atoms with E-state index < -0.39 is 0 Å². The zero-order chi connectivity index (χ0) is 12.5. The lowest BCUT2D eigenvalue weighted by Gasteiger charge is -2.16. The maximum Gasteiger partial charge on any atom is 0.223 e. The van der Waals surface area contributed by atoms with E-state index in [1.165, 1.54) is 0 Å². The van der Waals surface area contributed by atoms with Gasteiger partial charge in [0.15, 0.2) is 0 Å². The van der Waals surface area contributed by atoms with Crippen molar-refractivity contribution < 1.29 is 4.79 Å². The van der Waals surface area contributed by atoms with Crippen molar-refractivity contribution in [2.75, 3.05) is 13.1 Å². The summed E-state index contributed by atoms with van der Waals surface area (Å²) in [5.41, 5.74) is 2.11. The van der Waals surface area contributed by atoms with Crippen molar-refractivity contribution in [1.82, 2.24) is 14.5 Å². The molecule has 1 aromatic heterocycles. The number of benzene rings is 1. The molecule has 1 saturated heterocycles. The van der Waals surface area contributed by atoms with Crippen LogP contribution in [-0.2, 0) is 11.3 Å². The average molecular weight is 261 g/mol. The Bertz CT molecular complexity index is 580. The average Bonchev–Trinajstić information content (AvgIpc) is 2.90. The minimum Gasteiger partial charge on any atom is -0.340 e. The van der Waals surface area contributed by atoms with Crippen molar-refractivity contribution >= 4 is 29.6 Å². The van der Waals surface area contributed by atoms with Crippen LogP contribution >= 0.6 is 12.6 Å². The number of fused-ring (bicyclic) bond motifs is 1. The molecule has 2 aromatic rings. The Balaban J connectivity index is 1.72. The standard InChI is InChI=1S/C13H15N3OS/c17-13-7-10(18)8-15(13)5-6-16-9-14-11-3-1-2-4-12(11)16/h1-4,9-10,18H,5-8H2. The number of aromatic nitrogens is 2. The van der Waals surface area contributed by atoms with Crippen LogP contribution in [0, 0.1) is 0 Å². The molecule has 0 radical (unpaired) electrons. The highest BCUT2D eigenvalue weighted by Gasteiger charge is 2.26. The van der Waals surface area contributed by atoms with Gasteiger partial charge in [-0.05, 0) is 12.1 Å². The molecule has 0 N–H and O–H groups in total. The first kappa shape index (κ1) is 11.6. The van der Waals surface area contributed by atoms with E-state index in [2.05, 4.69) is 28.2 Å². The van der Waals surface area contributed by atoms with Gasteiger partial charge in [-0.3, -0.25) is 4.79 Å². The first-order valence-electron chi connectivity index (χ1n) is 6.10. The van der Waals surface area contributed by atoms with Crippen LogP contribution in [0.15, 0.2) is 30.6 Å². The second-order valence-corrected chi connectivity index (χ2v) is 5.35. The molecule has 1 unspecified atom stereocenters. The van der Waals surface area contributed by atoms with Gasteiger partial charge in [-0.25, -0.2) is 4.98 Å². The number of carbonyl (C=O) groups is 1. The topological polar surface area (TPSA) is 38.1 Å². The number of rotatable bonds is 3. The molecule has 2 heterocycles. The van der Waals surface area contributed by atoms with Crippen LogP contribution in [0.5, 0.6) is 0 Å². The Kier molecular flexibility index (Phi) is 2.99. The van der Waals surface area contributed by atoms with E-state index in [9.17, 15) is 4.79 Å². The van der Waals surface area contributed by atoms with E-state index in [0.29, 0.717) is 6.42 Å². The van der Waals surface area contributed by atoms with Crippen molar-refractivity contribution in [2.24, 2.45) is 0 Å². The monoisotopic (exact) mass is 261 g/mol. The van der Waals surface area contributed by atoms with Gasteiger partial charge in [-0.2, -0.15) is 12.6 Å². The summed E-state index contributed by atoms with van der Waals surface area (Å²) in [5.74, 6) is 0.208. The molecule has 4 nitrogen and oxygen atoms in total. The van der Waals surface area contributed by atoms with E-state index >= 15 is 0 Å². The van der Waals surface area contributed by atoms with Crippen LogP contribution in [-0.4, -0.2) is 38.7 Å². The van der Waals surface area contributed by atoms with E-state index in [4.69, 9.17) is 0 Å². The second kappa shape index (κ2) is 4.65. The molecular weight excluding hydrogens is 246 g/mol. The van der Waals surface area contributed by atoms with Crippen molar-refractivity contribution in [1.29, 1.82) is 0 Å². The SMILES string of the molecule is O=C1CC(S)CN1CCn1cnc2ccccc21. The summed E-state index contributed by atoms with van der Waals surface area (Å²) in [6.45, 7) is 2.28. The highest BCUT2D eigenvalue weighted by molar-refractivity contribution is 7.81. The van der Waals surface area contributed by atoms with E-state index in [1.54, 1.807) is 0 Å². The molecule has 18 heavy (non-hydrogen) atoms. The van der Waals surface area contributed by atoms with Crippen LogP contribution in [0.4, 0.5) is 0 Å². The van der Waals surface area contributed by atoms with Gasteiger partial charge in [-0.15, -0.1) is 0 Å². The Morgan fingerprint density at radius 3 is 2.94 bits per heavy atom. The highest BCUT2D eigenvalue weighted by atomic mass is 32.1. The molecule has 1 aliphatic rings. The third-order valence-electron chi connectivity index (χ3n) is 3.33. The molecule has 5 heteroatoms. The Morgan fingerprint density at radius 1 is 1.33 bits per heavy atom. The normalized spacial score (nSPS) is 19.9. The number of carbonyl (C=O) groups excluding carboxylic acids is 1. The minimum atomic E-state index is 0.192. The van der Waals surface area contributed by atoms with Gasteiger partial charge in [0.25, 0.3) is 0 Å². The number of hydrogen-bond acceptors (Lipinski definition) is 3. The van der Waals surface area contributed by atoms with Gasteiger partial charge >= 0.3 is 0 Å². The lowest BCUT2D eigenvalue weighted by molar-refractivity contribution is -0.127. The van der Waals surface area contributed by atoms with E-state index in [1.807, 2.05) is 29.4 Å². The number of amides is 1. The van der Waals surface area contributed by atoms with Crippen molar-refractivity contribution in [2.45, 2.75) is 18.2 Å². The lowest BCUT2D eigenvalue weighted by atomic mass is 10.3. The molecule has 0 spiro atoms. The summed E-state index contributed by atoms with van der Waals surface area (Å²) >= 11 is 4.36. The number of hydrogen-bond donors (Lipinski definition) is 1. The molecule has 0 saturated carbocycles. The fraction of sp³-hybridized carbons (Fsp3) is 0.385. The third kappa shape index (κ3) is 2.10. The van der Waals surface area contributed by atoms with Crippen LogP contribution in [0.25, 0.3) is 11.0 Å². The van der Waals surface area contributed by atoms with Gasteiger partial charge in [-0.1, -0.05) is 12.1 Å². The molecule has 1 atom stereocenters. The Labute approximate surface area is 111 Å². The fourth-order valence-electron chi connectivity index (χ4n) is 2.38. The van der Waals surface area contributed by atoms with Crippen molar-refractivity contribution in [3.05, 3.63) is 30.6 Å². The largest absolute Gasteiger partial charge is 0.340 e. The minimum absolute atomic E-state index is 0.192. The smallest absolute Gasteiger partial charge is 0.223 e. The summed E-state index contributed by atoms with van der Waals surface area (Å²) in [6, 6.07) is 8.03. The molecule has 1 aliphatic heterocycles. The molecule has 1 amide bonds. The zero-order valence-corrected chi connectivity index (χ0v) is 10.9. The lowest BCUT2D eigenvalue weighted by Crippen LogP contribution is -2.29. The number of thiol groups is 1. The number of imidazole rings is 1. The first-order chi connectivity index (χ1) is 8.74. The molecular formula is C13H15N3OS. The molecule has 0 aliphatic carbocycles. The maximum absolute atomic E-state index is 11.7. The van der Waals surface area contributed by atoms with Gasteiger partial charge in [0, 0.05) is 31.3 Å². The molecule has 3 rings (SSSR count). The van der Waals surface area contributed by atoms with Crippen LogP contribution < -0.4 is 0 Å². The van der Waals surface area contributed by atoms with E-state index in [0.717, 1.165) is 30.7 Å². The zero-order valence-electron chi connectivity index (χ0n) is 9.99. The summed E-state index contributed by atoms with van der Waals surface area (Å²) in [7, 11) is 0. The van der Waals surface area contributed by atoms with E-state index in [-0.39, 0.29) is 11.2 Å². The second-order valence-electron chi connectivity index (χ2n) is 4.62. The fourth-order valence-corrected chi connectivity index (χ4v) is 2.74. The van der Waals surface area contributed by atoms with Crippen molar-refractivity contribution in [3.63, 3.8) is 0 Å². The van der Waals surface area contributed by atoms with Crippen LogP contribution in [0.1, 0.15) is 6.42 Å². The molecule has 0 bridgehead atoms. The predicted molar refractivity (Wildman–Crippen MR) is 73.7 cm³/mol. The molecule has 94 valence electrons. The quantitative estimate of drug-likeness (QED) is 0.852. The third-order valence-corrected chi connectivity index (χ3v) is 3.68. The summed E-state index contributed by atoms with van der Waals surface area (Å²) < 4.78 is 2.09. The number of nitrogens with zero attached hydrogens (tertiary/aromatic N) is 3. The maximum atomic E-state index is 11.7. The van der Waals surface area contributed by atoms with Gasteiger partial charge in [0.1, 0.15) is 0 Å². The Morgan fingerprint density at radius 2 is 2.17 bits per heavy atom. The summed E-state index contributed by atoms with van der Waals surface area (Å²) in [5, 5.41) is 0.192. The molecule has 1 fully saturated rings. The van der Waals surface area contributed by atoms with Gasteiger partial charge < -0.3 is 9.47 Å². The molecule has 1 aromatic carbocycles. The van der Waals surface area contributed by atoms with Crippen molar-refractivity contribution in [3.8, 4) is 0 Å². The van der Waals surface area contributed by atoms with Gasteiger partial charge in [0.2, 0.25) is 5.91 Å². The summed E-state index contributed by atoms with van der Waals surface area (Å²) in [4.78, 5) is 17.9. The van der Waals surface area contributed by atoms with Crippen LogP contribution in [0.2, 0.25) is 0 Å². The number of para-hydroxylation sites is 2. The summed E-state index contributed by atoms with van der Waals surface area (Å²) in [6.07, 6.45) is 2.40. The predicted octanol–water partition coefficient (Wildman–Crippen LogP) is 1.57. The van der Waals surface area contributed by atoms with Gasteiger partial charge in [0.05, 0.1) is 17.4 Å². The Hall–Kier alpha value is -1.49. The van der Waals surface area contributed by atoms with Crippen LogP contribution in [0.3, 0.4) is 0 Å².